The molecule has 0 heterocycles. The van der Waals surface area contributed by atoms with E-state index in [1.54, 1.807) is 0 Å². The standard InChI is InChI=1S/C9H11NO3/c10-8(9(12)13)5-6-1-3-7(11)4-2-6/h1-4,8,11H,5,10H2,(H,12,13)/t8-/m0/s1/i1D,2D,3D. The molecule has 0 aliphatic carbocycles. The van der Waals surface area contributed by atoms with Crippen molar-refractivity contribution in [2.45, 2.75) is 12.5 Å². The van der Waals surface area contributed by atoms with Crippen molar-refractivity contribution in [1.29, 1.82) is 0 Å². The first-order valence-corrected chi connectivity index (χ1v) is 3.61. The molecule has 4 nitrogen and oxygen atoms in total. The summed E-state index contributed by atoms with van der Waals surface area (Å²) in [6, 6.07) is -1.19. The second-order valence-corrected chi connectivity index (χ2v) is 2.55. The Kier molecular flexibility index (Phi) is 1.80. The van der Waals surface area contributed by atoms with Crippen molar-refractivity contribution in [3.05, 3.63) is 29.8 Å². The Morgan fingerprint density at radius 1 is 1.62 bits per heavy atom. The number of aromatic hydroxyl groups is 1. The molecule has 0 unspecified atom stereocenters. The van der Waals surface area contributed by atoms with Crippen LogP contribution in [0.5, 0.6) is 5.75 Å². The second-order valence-electron chi connectivity index (χ2n) is 2.55. The van der Waals surface area contributed by atoms with Crippen molar-refractivity contribution in [1.82, 2.24) is 0 Å². The van der Waals surface area contributed by atoms with Gasteiger partial charge in [-0.1, -0.05) is 12.1 Å². The van der Waals surface area contributed by atoms with Gasteiger partial charge in [0, 0.05) is 0 Å². The summed E-state index contributed by atoms with van der Waals surface area (Å²) in [5.41, 5.74) is 5.34. The summed E-state index contributed by atoms with van der Waals surface area (Å²) in [6.07, 6.45) is -0.209. The molecule has 0 radical (unpaired) electrons. The van der Waals surface area contributed by atoms with Crippen LogP contribution in [-0.2, 0) is 11.2 Å². The average Bonchev–Trinajstić information content (AvgIpc) is 2.20. The van der Waals surface area contributed by atoms with Crippen LogP contribution in [0.1, 0.15) is 9.68 Å². The van der Waals surface area contributed by atoms with Crippen molar-refractivity contribution >= 4 is 5.97 Å². The summed E-state index contributed by atoms with van der Waals surface area (Å²) in [5, 5.41) is 17.8. The molecular formula is C9H11NO3. The van der Waals surface area contributed by atoms with Gasteiger partial charge in [-0.05, 0) is 24.1 Å². The quantitative estimate of drug-likeness (QED) is 0.632. The molecule has 1 aromatic rings. The molecule has 0 saturated heterocycles. The van der Waals surface area contributed by atoms with E-state index >= 15 is 0 Å². The van der Waals surface area contributed by atoms with Crippen molar-refractivity contribution < 1.29 is 19.1 Å². The van der Waals surface area contributed by atoms with Crippen LogP contribution in [0.3, 0.4) is 0 Å². The Balaban J connectivity index is 3.14. The number of carbonyl (C=O) groups is 1. The molecule has 4 N–H and O–H groups in total. The molecule has 0 fully saturated rings. The van der Waals surface area contributed by atoms with E-state index in [0.717, 1.165) is 6.07 Å². The topological polar surface area (TPSA) is 83.5 Å². The van der Waals surface area contributed by atoms with E-state index in [1.165, 1.54) is 0 Å². The first-order valence-electron chi connectivity index (χ1n) is 5.11. The second kappa shape index (κ2) is 3.91. The van der Waals surface area contributed by atoms with Crippen molar-refractivity contribution in [2.24, 2.45) is 5.73 Å². The zero-order chi connectivity index (χ0) is 12.5. The number of carboxylic acids is 1. The average molecular weight is 184 g/mol. The van der Waals surface area contributed by atoms with Crippen LogP contribution in [0.15, 0.2) is 24.2 Å². The van der Waals surface area contributed by atoms with Gasteiger partial charge < -0.3 is 15.9 Å². The number of carboxylic acid groups (broad SMARTS) is 1. The van der Waals surface area contributed by atoms with Crippen LogP contribution in [-0.4, -0.2) is 22.2 Å². The SMILES string of the molecule is [2H]c1cc(O)c([2H])c([2H])c1C[C@H](N)C(=O)O. The smallest absolute Gasteiger partial charge is 0.320 e. The van der Waals surface area contributed by atoms with Crippen molar-refractivity contribution in [2.75, 3.05) is 0 Å². The molecule has 0 aliphatic heterocycles. The molecule has 4 heteroatoms. The maximum absolute atomic E-state index is 10.5. The third-order valence-corrected chi connectivity index (χ3v) is 1.47. The van der Waals surface area contributed by atoms with Crippen LogP contribution in [0.2, 0.25) is 0 Å². The molecule has 1 rings (SSSR count). The predicted octanol–water partition coefficient (Wildman–Crippen LogP) is 0.347. The highest BCUT2D eigenvalue weighted by molar-refractivity contribution is 5.73. The lowest BCUT2D eigenvalue weighted by molar-refractivity contribution is -0.138. The highest BCUT2D eigenvalue weighted by atomic mass is 16.4. The van der Waals surface area contributed by atoms with Gasteiger partial charge in [-0.3, -0.25) is 4.79 Å². The van der Waals surface area contributed by atoms with Gasteiger partial charge in [0.1, 0.15) is 11.8 Å². The molecule has 0 saturated carbocycles. The van der Waals surface area contributed by atoms with Crippen LogP contribution in [0.4, 0.5) is 0 Å². The van der Waals surface area contributed by atoms with E-state index in [9.17, 15) is 9.90 Å². The van der Waals surface area contributed by atoms with Gasteiger partial charge in [-0.25, -0.2) is 0 Å². The first-order chi connectivity index (χ1) is 7.34. The fourth-order valence-corrected chi connectivity index (χ4v) is 0.784. The summed E-state index contributed by atoms with van der Waals surface area (Å²) in [6.45, 7) is 0. The zero-order valence-corrected chi connectivity index (χ0v) is 6.74. The Morgan fingerprint density at radius 2 is 2.31 bits per heavy atom. The first kappa shape index (κ1) is 5.99. The third kappa shape index (κ3) is 2.76. The summed E-state index contributed by atoms with van der Waals surface area (Å²) in [5.74, 6) is -1.71. The number of phenols is 1. The number of rotatable bonds is 3. The largest absolute Gasteiger partial charge is 0.508 e. The van der Waals surface area contributed by atoms with Gasteiger partial charge >= 0.3 is 5.97 Å². The Labute approximate surface area is 79.8 Å². The van der Waals surface area contributed by atoms with Gasteiger partial charge in [0.15, 0.2) is 0 Å². The van der Waals surface area contributed by atoms with Crippen LogP contribution < -0.4 is 5.73 Å². The van der Waals surface area contributed by atoms with Crippen molar-refractivity contribution in [3.63, 3.8) is 0 Å². The van der Waals surface area contributed by atoms with E-state index in [4.69, 9.17) is 15.0 Å². The lowest BCUT2D eigenvalue weighted by Crippen LogP contribution is -2.32. The monoisotopic (exact) mass is 184 g/mol. The maximum atomic E-state index is 10.5. The molecule has 1 aromatic carbocycles. The van der Waals surface area contributed by atoms with Gasteiger partial charge in [0.2, 0.25) is 0 Å². The minimum absolute atomic E-state index is 0.0534. The van der Waals surface area contributed by atoms with Gasteiger partial charge in [0.25, 0.3) is 0 Å². The number of benzene rings is 1. The van der Waals surface area contributed by atoms with Crippen LogP contribution in [0.25, 0.3) is 0 Å². The molecule has 0 aliphatic rings. The van der Waals surface area contributed by atoms with E-state index in [1.807, 2.05) is 0 Å². The van der Waals surface area contributed by atoms with Crippen LogP contribution in [0, 0.1) is 0 Å². The predicted molar refractivity (Wildman–Crippen MR) is 47.4 cm³/mol. The molecule has 0 amide bonds. The summed E-state index contributed by atoms with van der Waals surface area (Å²) < 4.78 is 22.3. The van der Waals surface area contributed by atoms with Crippen molar-refractivity contribution in [3.8, 4) is 5.75 Å². The maximum Gasteiger partial charge on any atom is 0.320 e. The zero-order valence-electron chi connectivity index (χ0n) is 9.74. The molecule has 1 atom stereocenters. The molecule has 70 valence electrons. The highest BCUT2D eigenvalue weighted by Crippen LogP contribution is 2.10. The molecule has 13 heavy (non-hydrogen) atoms. The number of hydrogen-bond acceptors (Lipinski definition) is 3. The third-order valence-electron chi connectivity index (χ3n) is 1.47. The minimum Gasteiger partial charge on any atom is -0.508 e. The lowest BCUT2D eigenvalue weighted by atomic mass is 10.1. The van der Waals surface area contributed by atoms with Gasteiger partial charge in [0.05, 0.1) is 4.11 Å². The number of aliphatic carboxylic acids is 1. The summed E-state index contributed by atoms with van der Waals surface area (Å²) in [4.78, 5) is 10.5. The number of hydrogen-bond donors (Lipinski definition) is 3. The number of nitrogens with two attached hydrogens (primary N) is 1. The molecular weight excluding hydrogens is 170 g/mol. The molecule has 0 spiro atoms. The Morgan fingerprint density at radius 3 is 2.92 bits per heavy atom. The normalized spacial score (nSPS) is 15.6. The minimum atomic E-state index is -1.24. The van der Waals surface area contributed by atoms with Gasteiger partial charge in [-0.15, -0.1) is 0 Å². The highest BCUT2D eigenvalue weighted by Gasteiger charge is 2.11. The fraction of sp³-hybridized carbons (Fsp3) is 0.222. The van der Waals surface area contributed by atoms with E-state index in [2.05, 4.69) is 0 Å². The van der Waals surface area contributed by atoms with E-state index < -0.39 is 23.8 Å². The lowest BCUT2D eigenvalue weighted by Gasteiger charge is -2.05. The molecule has 0 aromatic heterocycles. The Bertz CT molecular complexity index is 436. The summed E-state index contributed by atoms with van der Waals surface area (Å²) in [7, 11) is 0. The van der Waals surface area contributed by atoms with Crippen LogP contribution >= 0.6 is 0 Å². The number of phenolic OH excluding ortho intramolecular Hbond substituents is 1. The van der Waals surface area contributed by atoms with Gasteiger partial charge in [-0.2, -0.15) is 0 Å². The van der Waals surface area contributed by atoms with E-state index in [-0.39, 0.29) is 24.1 Å². The fourth-order valence-electron chi connectivity index (χ4n) is 0.784. The Hall–Kier alpha value is -1.55. The molecule has 0 bridgehead atoms. The summed E-state index contributed by atoms with van der Waals surface area (Å²) >= 11 is 0. The van der Waals surface area contributed by atoms with E-state index in [0.29, 0.717) is 0 Å².